The van der Waals surface area contributed by atoms with Crippen molar-refractivity contribution in [3.8, 4) is 0 Å². The summed E-state index contributed by atoms with van der Waals surface area (Å²) in [5, 5.41) is 0. The first-order valence-corrected chi connectivity index (χ1v) is 12.7. The molecule has 0 unspecified atom stereocenters. The van der Waals surface area contributed by atoms with E-state index in [1.54, 1.807) is 6.92 Å². The summed E-state index contributed by atoms with van der Waals surface area (Å²) >= 11 is 0. The average Bonchev–Trinajstić information content (AvgIpc) is 2.76. The molecule has 5 nitrogen and oxygen atoms in total. The number of amides is 2. The van der Waals surface area contributed by atoms with Gasteiger partial charge in [0.05, 0.1) is 0 Å². The van der Waals surface area contributed by atoms with Gasteiger partial charge in [-0.2, -0.15) is 0 Å². The molecule has 1 aliphatic carbocycles. The second-order valence-electron chi connectivity index (χ2n) is 11.0. The topological polar surface area (TPSA) is 43.9 Å². The molecule has 0 radical (unpaired) electrons. The first-order chi connectivity index (χ1) is 14.4. The molecule has 5 heteroatoms. The molecule has 0 aromatic rings. The van der Waals surface area contributed by atoms with Gasteiger partial charge in [0, 0.05) is 45.6 Å². The lowest BCUT2D eigenvalue weighted by molar-refractivity contribution is -0.138. The monoisotopic (exact) mass is 417 g/mol. The van der Waals surface area contributed by atoms with Gasteiger partial charge in [-0.05, 0) is 94.5 Å². The van der Waals surface area contributed by atoms with Gasteiger partial charge >= 0.3 is 0 Å². The molecule has 1 saturated carbocycles. The van der Waals surface area contributed by atoms with Gasteiger partial charge in [-0.25, -0.2) is 0 Å². The van der Waals surface area contributed by atoms with Crippen molar-refractivity contribution < 1.29 is 9.59 Å². The zero-order chi connectivity index (χ0) is 21.1. The van der Waals surface area contributed by atoms with Crippen molar-refractivity contribution in [2.45, 2.75) is 78.1 Å². The second-order valence-corrected chi connectivity index (χ2v) is 11.0. The van der Waals surface area contributed by atoms with Crippen LogP contribution in [0.15, 0.2) is 0 Å². The molecule has 3 heterocycles. The Labute approximate surface area is 183 Å². The number of hydrogen-bond acceptors (Lipinski definition) is 3. The Morgan fingerprint density at radius 2 is 1.33 bits per heavy atom. The largest absolute Gasteiger partial charge is 0.343 e. The number of rotatable bonds is 3. The molecule has 0 bridgehead atoms. The maximum absolute atomic E-state index is 12.9. The minimum atomic E-state index is 0.241. The summed E-state index contributed by atoms with van der Waals surface area (Å²) in [6, 6.07) is 0. The van der Waals surface area contributed by atoms with Crippen LogP contribution >= 0.6 is 0 Å². The van der Waals surface area contributed by atoms with Crippen LogP contribution in [0.4, 0.5) is 0 Å². The standard InChI is InChI=1S/C25H43N3O2/c1-20-3-5-23(6-4-20)24(30)28-13-7-22(8-14-28)19-26-15-9-25(10-16-26)11-17-27(18-12-25)21(2)29/h20,22-23H,3-19H2,1-2H3. The SMILES string of the molecule is CC(=O)N1CCC2(CCN(CC3CCN(C(=O)C4CCC(C)CC4)CC3)CC2)CC1. The number of likely N-dealkylation sites (tertiary alicyclic amines) is 3. The number of hydrogen-bond donors (Lipinski definition) is 0. The predicted octanol–water partition coefficient (Wildman–Crippen LogP) is 3.78. The molecule has 30 heavy (non-hydrogen) atoms. The minimum absolute atomic E-state index is 0.241. The fraction of sp³-hybridized carbons (Fsp3) is 0.920. The Morgan fingerprint density at radius 3 is 1.90 bits per heavy atom. The lowest BCUT2D eigenvalue weighted by Crippen LogP contribution is -2.49. The summed E-state index contributed by atoms with van der Waals surface area (Å²) in [4.78, 5) is 31.4. The predicted molar refractivity (Wildman–Crippen MR) is 120 cm³/mol. The second kappa shape index (κ2) is 9.58. The van der Waals surface area contributed by atoms with Gasteiger partial charge in [-0.3, -0.25) is 9.59 Å². The Kier molecular flexibility index (Phi) is 7.06. The van der Waals surface area contributed by atoms with Crippen LogP contribution in [0.5, 0.6) is 0 Å². The lowest BCUT2D eigenvalue weighted by atomic mass is 9.71. The molecule has 2 amide bonds. The molecule has 4 rings (SSSR count). The molecule has 0 aromatic heterocycles. The summed E-state index contributed by atoms with van der Waals surface area (Å²) in [5.41, 5.74) is 0.496. The Bertz CT molecular complexity index is 588. The third-order valence-electron chi connectivity index (χ3n) is 8.99. The van der Waals surface area contributed by atoms with Crippen LogP contribution in [0.3, 0.4) is 0 Å². The highest BCUT2D eigenvalue weighted by molar-refractivity contribution is 5.79. The molecule has 4 fully saturated rings. The summed E-state index contributed by atoms with van der Waals surface area (Å²) in [5.74, 6) is 2.58. The van der Waals surface area contributed by atoms with Crippen LogP contribution in [0.1, 0.15) is 78.1 Å². The van der Waals surface area contributed by atoms with E-state index in [4.69, 9.17) is 0 Å². The van der Waals surface area contributed by atoms with Gasteiger partial charge in [0.15, 0.2) is 0 Å². The van der Waals surface area contributed by atoms with Crippen molar-refractivity contribution in [1.29, 1.82) is 0 Å². The lowest BCUT2D eigenvalue weighted by Gasteiger charge is -2.47. The quantitative estimate of drug-likeness (QED) is 0.702. The third kappa shape index (κ3) is 5.20. The highest BCUT2D eigenvalue weighted by Crippen LogP contribution is 2.41. The Hall–Kier alpha value is -1.10. The maximum Gasteiger partial charge on any atom is 0.225 e. The van der Waals surface area contributed by atoms with Crippen molar-refractivity contribution in [2.75, 3.05) is 45.8 Å². The number of carbonyl (C=O) groups is 2. The normalized spacial score (nSPS) is 31.1. The van der Waals surface area contributed by atoms with E-state index in [9.17, 15) is 9.59 Å². The fourth-order valence-corrected chi connectivity index (χ4v) is 6.47. The van der Waals surface area contributed by atoms with Crippen LogP contribution in [0.2, 0.25) is 0 Å². The summed E-state index contributed by atoms with van der Waals surface area (Å²) in [6.07, 6.45) is 12.0. The molecule has 3 aliphatic heterocycles. The zero-order valence-electron chi connectivity index (χ0n) is 19.4. The molecule has 0 aromatic carbocycles. The summed E-state index contributed by atoms with van der Waals surface area (Å²) in [7, 11) is 0. The zero-order valence-corrected chi connectivity index (χ0v) is 19.4. The summed E-state index contributed by atoms with van der Waals surface area (Å²) < 4.78 is 0. The van der Waals surface area contributed by atoms with E-state index >= 15 is 0 Å². The van der Waals surface area contributed by atoms with Crippen LogP contribution in [0, 0.1) is 23.2 Å². The molecular weight excluding hydrogens is 374 g/mol. The van der Waals surface area contributed by atoms with E-state index in [0.717, 1.165) is 50.9 Å². The summed E-state index contributed by atoms with van der Waals surface area (Å²) in [6.45, 7) is 11.6. The molecule has 3 saturated heterocycles. The van der Waals surface area contributed by atoms with Crippen LogP contribution in [0.25, 0.3) is 0 Å². The van der Waals surface area contributed by atoms with E-state index in [0.29, 0.717) is 17.2 Å². The van der Waals surface area contributed by atoms with Crippen molar-refractivity contribution in [3.63, 3.8) is 0 Å². The van der Waals surface area contributed by atoms with E-state index in [2.05, 4.69) is 16.7 Å². The van der Waals surface area contributed by atoms with Crippen molar-refractivity contribution in [3.05, 3.63) is 0 Å². The van der Waals surface area contributed by atoms with Gasteiger partial charge in [0.1, 0.15) is 0 Å². The van der Waals surface area contributed by atoms with Crippen LogP contribution < -0.4 is 0 Å². The van der Waals surface area contributed by atoms with Crippen molar-refractivity contribution in [2.24, 2.45) is 23.2 Å². The first kappa shape index (κ1) is 22.1. The van der Waals surface area contributed by atoms with Gasteiger partial charge in [-0.15, -0.1) is 0 Å². The van der Waals surface area contributed by atoms with Gasteiger partial charge in [0.25, 0.3) is 0 Å². The number of piperidine rings is 3. The third-order valence-corrected chi connectivity index (χ3v) is 8.99. The Morgan fingerprint density at radius 1 is 0.767 bits per heavy atom. The number of carbonyl (C=O) groups excluding carboxylic acids is 2. The molecule has 1 spiro atoms. The molecule has 0 atom stereocenters. The average molecular weight is 418 g/mol. The van der Waals surface area contributed by atoms with E-state index in [1.807, 2.05) is 4.90 Å². The smallest absolute Gasteiger partial charge is 0.225 e. The molecule has 4 aliphatic rings. The maximum atomic E-state index is 12.9. The van der Waals surface area contributed by atoms with Gasteiger partial charge in [0.2, 0.25) is 11.8 Å². The Balaban J connectivity index is 1.16. The van der Waals surface area contributed by atoms with Crippen LogP contribution in [-0.2, 0) is 9.59 Å². The molecular formula is C25H43N3O2. The van der Waals surface area contributed by atoms with E-state index in [-0.39, 0.29) is 5.91 Å². The van der Waals surface area contributed by atoms with Gasteiger partial charge in [-0.1, -0.05) is 6.92 Å². The van der Waals surface area contributed by atoms with Crippen molar-refractivity contribution >= 4 is 11.8 Å². The first-order valence-electron chi connectivity index (χ1n) is 12.7. The van der Waals surface area contributed by atoms with E-state index in [1.165, 1.54) is 71.0 Å². The van der Waals surface area contributed by atoms with Crippen LogP contribution in [-0.4, -0.2) is 72.3 Å². The molecule has 170 valence electrons. The van der Waals surface area contributed by atoms with E-state index < -0.39 is 0 Å². The highest BCUT2D eigenvalue weighted by Gasteiger charge is 2.38. The fourth-order valence-electron chi connectivity index (χ4n) is 6.47. The highest BCUT2D eigenvalue weighted by atomic mass is 16.2. The van der Waals surface area contributed by atoms with Crippen molar-refractivity contribution in [1.82, 2.24) is 14.7 Å². The molecule has 0 N–H and O–H groups in total. The van der Waals surface area contributed by atoms with Gasteiger partial charge < -0.3 is 14.7 Å². The minimum Gasteiger partial charge on any atom is -0.343 e. The number of nitrogens with zero attached hydrogens (tertiary/aromatic N) is 3.